The second-order valence-corrected chi connectivity index (χ2v) is 14.5. The smallest absolute Gasteiger partial charge is 0.164 e. The van der Waals surface area contributed by atoms with Gasteiger partial charge in [0, 0.05) is 44.4 Å². The highest BCUT2D eigenvalue weighted by Gasteiger charge is 2.24. The van der Waals surface area contributed by atoms with E-state index in [4.69, 9.17) is 15.0 Å². The van der Waals surface area contributed by atoms with Crippen LogP contribution in [-0.2, 0) is 0 Å². The van der Waals surface area contributed by atoms with Crippen molar-refractivity contribution in [2.75, 3.05) is 4.90 Å². The number of nitrogens with zero attached hydrogens (tertiary/aromatic N) is 5. The molecule has 0 spiro atoms. The third kappa shape index (κ3) is 5.76. The average Bonchev–Trinajstić information content (AvgIpc) is 3.54. The topological polar surface area (TPSA) is 46.8 Å². The van der Waals surface area contributed by atoms with Crippen LogP contribution in [0, 0.1) is 0 Å². The van der Waals surface area contributed by atoms with Gasteiger partial charge < -0.3 is 9.47 Å². The van der Waals surface area contributed by atoms with E-state index in [1.807, 2.05) is 60.7 Å². The number of para-hydroxylation sites is 3. The Bertz CT molecular complexity index is 3110. The summed E-state index contributed by atoms with van der Waals surface area (Å²) in [6.45, 7) is 0. The van der Waals surface area contributed by atoms with E-state index in [0.717, 1.165) is 56.1 Å². The van der Waals surface area contributed by atoms with Crippen LogP contribution >= 0.6 is 0 Å². The summed E-state index contributed by atoms with van der Waals surface area (Å²) in [5, 5.41) is 2.43. The Labute approximate surface area is 336 Å². The van der Waals surface area contributed by atoms with E-state index in [9.17, 15) is 0 Å². The SMILES string of the molecule is C1=Cc2c(ccc3c4ccccc4n(-c4cccc(-c5cccc(-c6nc(-c7ccccc7)nc(-c7ccccc7)n6)c5)c4)c23)N(c2ccccc2)c2ccccc21. The monoisotopic (exact) mass is 741 g/mol. The normalized spacial score (nSPS) is 12.0. The maximum absolute atomic E-state index is 5.02. The van der Waals surface area contributed by atoms with Crippen LogP contribution in [0.4, 0.5) is 17.1 Å². The summed E-state index contributed by atoms with van der Waals surface area (Å²) in [4.78, 5) is 17.3. The minimum absolute atomic E-state index is 0.631. The number of hydrogen-bond donors (Lipinski definition) is 0. The molecule has 272 valence electrons. The van der Waals surface area contributed by atoms with Crippen LogP contribution in [0.5, 0.6) is 0 Å². The molecule has 0 saturated carbocycles. The fraction of sp³-hybridized carbons (Fsp3) is 0. The molecule has 0 atom stereocenters. The van der Waals surface area contributed by atoms with Gasteiger partial charge in [-0.05, 0) is 65.2 Å². The summed E-state index contributed by atoms with van der Waals surface area (Å²) in [5.41, 5.74) is 14.1. The molecule has 0 N–H and O–H groups in total. The van der Waals surface area contributed by atoms with Crippen LogP contribution in [0.15, 0.2) is 200 Å². The van der Waals surface area contributed by atoms with E-state index in [1.54, 1.807) is 0 Å². The van der Waals surface area contributed by atoms with Crippen molar-refractivity contribution in [2.45, 2.75) is 0 Å². The lowest BCUT2D eigenvalue weighted by Crippen LogP contribution is -2.12. The van der Waals surface area contributed by atoms with Crippen LogP contribution in [0.3, 0.4) is 0 Å². The molecule has 58 heavy (non-hydrogen) atoms. The van der Waals surface area contributed by atoms with Crippen molar-refractivity contribution < 1.29 is 0 Å². The maximum atomic E-state index is 5.02. The third-order valence-electron chi connectivity index (χ3n) is 11.0. The maximum Gasteiger partial charge on any atom is 0.164 e. The summed E-state index contributed by atoms with van der Waals surface area (Å²) in [5.74, 6) is 1.92. The highest BCUT2D eigenvalue weighted by molar-refractivity contribution is 6.15. The summed E-state index contributed by atoms with van der Waals surface area (Å²) in [7, 11) is 0. The van der Waals surface area contributed by atoms with Gasteiger partial charge in [0.1, 0.15) is 0 Å². The molecule has 0 bridgehead atoms. The van der Waals surface area contributed by atoms with Crippen molar-refractivity contribution >= 4 is 51.0 Å². The predicted octanol–water partition coefficient (Wildman–Crippen LogP) is 13.6. The second kappa shape index (κ2) is 14.0. The molecule has 5 heteroatoms. The minimum Gasteiger partial charge on any atom is -0.309 e. The summed E-state index contributed by atoms with van der Waals surface area (Å²) < 4.78 is 2.44. The first-order chi connectivity index (χ1) is 28.8. The molecule has 8 aromatic carbocycles. The molecule has 5 nitrogen and oxygen atoms in total. The Hall–Kier alpha value is -7.89. The Kier molecular flexibility index (Phi) is 8.07. The van der Waals surface area contributed by atoms with E-state index in [2.05, 4.69) is 161 Å². The Balaban J connectivity index is 1.08. The van der Waals surface area contributed by atoms with Crippen molar-refractivity contribution in [3.8, 4) is 51.0 Å². The molecule has 0 aliphatic carbocycles. The van der Waals surface area contributed by atoms with Gasteiger partial charge in [0.2, 0.25) is 0 Å². The first kappa shape index (κ1) is 33.4. The zero-order valence-corrected chi connectivity index (χ0v) is 31.4. The molecule has 0 saturated heterocycles. The Morgan fingerprint density at radius 1 is 0.345 bits per heavy atom. The van der Waals surface area contributed by atoms with Gasteiger partial charge in [-0.3, -0.25) is 0 Å². The number of fused-ring (bicyclic) bond motifs is 6. The van der Waals surface area contributed by atoms with Crippen LogP contribution in [0.25, 0.3) is 84.9 Å². The number of benzene rings is 8. The zero-order chi connectivity index (χ0) is 38.4. The summed E-state index contributed by atoms with van der Waals surface area (Å²) in [6, 6.07) is 70.2. The highest BCUT2D eigenvalue weighted by atomic mass is 15.2. The minimum atomic E-state index is 0.631. The van der Waals surface area contributed by atoms with Gasteiger partial charge in [-0.25, -0.2) is 15.0 Å². The van der Waals surface area contributed by atoms with E-state index in [0.29, 0.717) is 17.5 Å². The largest absolute Gasteiger partial charge is 0.309 e. The first-order valence-electron chi connectivity index (χ1n) is 19.5. The van der Waals surface area contributed by atoms with Crippen molar-refractivity contribution in [3.63, 3.8) is 0 Å². The number of rotatable bonds is 6. The van der Waals surface area contributed by atoms with Crippen molar-refractivity contribution in [3.05, 3.63) is 211 Å². The van der Waals surface area contributed by atoms with Gasteiger partial charge in [0.25, 0.3) is 0 Å². The fourth-order valence-corrected chi connectivity index (χ4v) is 8.29. The molecule has 11 rings (SSSR count). The first-order valence-corrected chi connectivity index (χ1v) is 19.5. The summed E-state index contributed by atoms with van der Waals surface area (Å²) >= 11 is 0. The van der Waals surface area contributed by atoms with Crippen LogP contribution in [-0.4, -0.2) is 19.5 Å². The van der Waals surface area contributed by atoms with E-state index >= 15 is 0 Å². The highest BCUT2D eigenvalue weighted by Crippen LogP contribution is 2.46. The van der Waals surface area contributed by atoms with Crippen molar-refractivity contribution in [1.29, 1.82) is 0 Å². The third-order valence-corrected chi connectivity index (χ3v) is 11.0. The predicted molar refractivity (Wildman–Crippen MR) is 240 cm³/mol. The van der Waals surface area contributed by atoms with Crippen molar-refractivity contribution in [1.82, 2.24) is 19.5 Å². The number of aromatic nitrogens is 4. The number of hydrogen-bond acceptors (Lipinski definition) is 4. The Morgan fingerprint density at radius 3 is 1.64 bits per heavy atom. The van der Waals surface area contributed by atoms with Gasteiger partial charge in [-0.15, -0.1) is 0 Å². The van der Waals surface area contributed by atoms with Gasteiger partial charge in [-0.1, -0.05) is 164 Å². The lowest BCUT2D eigenvalue weighted by atomic mass is 10.0. The van der Waals surface area contributed by atoms with Gasteiger partial charge in [0.15, 0.2) is 17.5 Å². The zero-order valence-electron chi connectivity index (χ0n) is 31.4. The fourth-order valence-electron chi connectivity index (χ4n) is 8.29. The molecule has 1 aliphatic rings. The van der Waals surface area contributed by atoms with Crippen LogP contribution in [0.2, 0.25) is 0 Å². The van der Waals surface area contributed by atoms with Crippen molar-refractivity contribution in [2.24, 2.45) is 0 Å². The molecule has 2 aromatic heterocycles. The van der Waals surface area contributed by atoms with Gasteiger partial charge >= 0.3 is 0 Å². The van der Waals surface area contributed by atoms with Gasteiger partial charge in [-0.2, -0.15) is 0 Å². The lowest BCUT2D eigenvalue weighted by Gasteiger charge is -2.27. The molecule has 0 unspecified atom stereocenters. The number of anilines is 3. The standard InChI is InChI=1S/C53H35N5/c1-4-17-37(18-5-1)51-54-52(38-19-6-2-7-20-38)56-53(55-51)41-23-14-21-39(34-41)40-22-15-26-43(35-40)58-48-29-13-11-27-44(48)45-32-33-49-46(50(45)58)31-30-36-16-10-12-28-47(36)57(49)42-24-8-3-9-25-42/h1-35H. The molecule has 0 radical (unpaired) electrons. The van der Waals surface area contributed by atoms with E-state index in [-0.39, 0.29) is 0 Å². The summed E-state index contributed by atoms with van der Waals surface area (Å²) in [6.07, 6.45) is 4.55. The van der Waals surface area contributed by atoms with E-state index < -0.39 is 0 Å². The molecular weight excluding hydrogens is 707 g/mol. The van der Waals surface area contributed by atoms with Crippen LogP contribution in [0.1, 0.15) is 11.1 Å². The Morgan fingerprint density at radius 2 is 0.897 bits per heavy atom. The van der Waals surface area contributed by atoms with Crippen LogP contribution < -0.4 is 4.90 Å². The molecular formula is C53H35N5. The lowest BCUT2D eigenvalue weighted by molar-refractivity contribution is 1.07. The second-order valence-electron chi connectivity index (χ2n) is 14.5. The van der Waals surface area contributed by atoms with Gasteiger partial charge in [0.05, 0.1) is 22.4 Å². The molecule has 3 heterocycles. The average molecular weight is 742 g/mol. The quantitative estimate of drug-likeness (QED) is 0.170. The van der Waals surface area contributed by atoms with E-state index in [1.165, 1.54) is 27.4 Å². The molecule has 1 aliphatic heterocycles. The molecule has 0 fully saturated rings. The molecule has 10 aromatic rings. The molecule has 0 amide bonds.